The summed E-state index contributed by atoms with van der Waals surface area (Å²) < 4.78 is 137. The van der Waals surface area contributed by atoms with E-state index in [-0.39, 0.29) is 129 Å². The molecule has 82 heavy (non-hydrogen) atoms. The van der Waals surface area contributed by atoms with Gasteiger partial charge in [0.05, 0.1) is 0 Å². The van der Waals surface area contributed by atoms with Crippen LogP contribution in [0.5, 0.6) is 34.5 Å². The third-order valence-electron chi connectivity index (χ3n) is 13.4. The van der Waals surface area contributed by atoms with E-state index in [9.17, 15) is 0 Å². The summed E-state index contributed by atoms with van der Waals surface area (Å²) in [5, 5.41) is -0.274. The Labute approximate surface area is 487 Å². The topological polar surface area (TPSA) is 55.4 Å². The molecule has 6 nitrogen and oxygen atoms in total. The smallest absolute Gasteiger partial charge is 0.205 e. The quantitative estimate of drug-likeness (QED) is 0.0361. The molecule has 0 heterocycles. The van der Waals surface area contributed by atoms with E-state index in [1.54, 1.807) is 0 Å². The number of hydrogen-bond donors (Lipinski definition) is 0. The van der Waals surface area contributed by atoms with Gasteiger partial charge in [0.15, 0.2) is 57.9 Å². The van der Waals surface area contributed by atoms with Crippen LogP contribution >= 0.6 is 31.9 Å². The van der Waals surface area contributed by atoms with Gasteiger partial charge in [0.1, 0.15) is 39.6 Å². The van der Waals surface area contributed by atoms with Gasteiger partial charge < -0.3 is 28.4 Å². The summed E-state index contributed by atoms with van der Waals surface area (Å²) in [6.07, 6.45) is 0. The molecule has 0 atom stereocenters. The van der Waals surface area contributed by atoms with Crippen molar-refractivity contribution in [3.8, 4) is 67.9 Å². The maximum Gasteiger partial charge on any atom is 0.205 e. The number of ether oxygens (including phenoxy) is 6. The van der Waals surface area contributed by atoms with Gasteiger partial charge in [-0.1, -0.05) is 214 Å². The van der Waals surface area contributed by atoms with E-state index in [1.807, 2.05) is 182 Å². The van der Waals surface area contributed by atoms with Crippen LogP contribution in [0.3, 0.4) is 0 Å². The minimum Gasteiger partial charge on any atom is -0.484 e. The monoisotopic (exact) mass is 1230 g/mol. The first kappa shape index (κ1) is 56.8. The fourth-order valence-corrected chi connectivity index (χ4v) is 10.6. The van der Waals surface area contributed by atoms with Gasteiger partial charge in [-0.15, -0.1) is 0 Å². The lowest BCUT2D eigenvalue weighted by atomic mass is 9.84. The van der Waals surface area contributed by atoms with Crippen LogP contribution in [0.15, 0.2) is 206 Å². The Morgan fingerprint density at radius 2 is 0.451 bits per heavy atom. The summed E-state index contributed by atoms with van der Waals surface area (Å²) >= 11 is 7.57. The molecule has 0 aliphatic rings. The average Bonchev–Trinajstić information content (AvgIpc) is 1.69. The van der Waals surface area contributed by atoms with E-state index >= 15 is 26.3 Å². The minimum absolute atomic E-state index is 0.0187. The predicted molar refractivity (Wildman–Crippen MR) is 312 cm³/mol. The second-order valence-corrected chi connectivity index (χ2v) is 20.0. The van der Waals surface area contributed by atoms with E-state index in [0.29, 0.717) is 22.3 Å². The molecular weight excluding hydrogens is 1190 g/mol. The molecule has 0 unspecified atom stereocenters. The van der Waals surface area contributed by atoms with Crippen molar-refractivity contribution in [2.75, 3.05) is 0 Å². The standard InChI is InChI=1S/C68H50Br2F6O6/c69-35-51-57(49-31-53(71)61(75)54(72)32-49)63(77-37-43-19-7-1-8-20-43)67(81-41-47-27-15-5-16-28-47)65(79-39-45-23-11-3-12-24-45)59(51)60-52(36-70)58(50-33-55(73)62(76)56(74)34-50)64(78-38-44-21-9-2-10-22-44)68(82-42-48-29-17-6-18-30-48)66(60)80-40-46-25-13-4-14-26-46/h1-34H,35-42H2. The van der Waals surface area contributed by atoms with Crippen LogP contribution in [0.25, 0.3) is 33.4 Å². The molecule has 14 heteroatoms. The first-order valence-electron chi connectivity index (χ1n) is 26.0. The predicted octanol–water partition coefficient (Wildman–Crippen LogP) is 18.8. The molecule has 0 aliphatic heterocycles. The number of hydrogen-bond acceptors (Lipinski definition) is 6. The van der Waals surface area contributed by atoms with Crippen molar-refractivity contribution >= 4 is 31.9 Å². The fraction of sp³-hybridized carbons (Fsp3) is 0.118. The lowest BCUT2D eigenvalue weighted by Gasteiger charge is -2.30. The molecule has 10 aromatic rings. The van der Waals surface area contributed by atoms with Crippen LogP contribution in [-0.4, -0.2) is 0 Å². The second-order valence-electron chi connectivity index (χ2n) is 18.9. The number of rotatable bonds is 23. The van der Waals surface area contributed by atoms with Gasteiger partial charge in [-0.2, -0.15) is 0 Å². The fourth-order valence-electron chi connectivity index (χ4n) is 9.46. The third-order valence-corrected chi connectivity index (χ3v) is 14.5. The van der Waals surface area contributed by atoms with Crippen molar-refractivity contribution in [3.05, 3.63) is 286 Å². The Bertz CT molecular complexity index is 3490. The summed E-state index contributed by atoms with van der Waals surface area (Å²) in [5.41, 5.74) is 4.85. The molecule has 0 saturated heterocycles. The summed E-state index contributed by atoms with van der Waals surface area (Å²) in [6.45, 7) is -0.624. The second kappa shape index (κ2) is 26.9. The highest BCUT2D eigenvalue weighted by Gasteiger charge is 2.37. The normalized spacial score (nSPS) is 11.1. The van der Waals surface area contributed by atoms with Crippen molar-refractivity contribution in [1.82, 2.24) is 0 Å². The number of halogens is 8. The third kappa shape index (κ3) is 13.0. The Morgan fingerprint density at radius 3 is 0.659 bits per heavy atom. The zero-order valence-electron chi connectivity index (χ0n) is 43.8. The Kier molecular flexibility index (Phi) is 18.6. The van der Waals surface area contributed by atoms with Gasteiger partial charge in [-0.25, -0.2) is 26.3 Å². The van der Waals surface area contributed by atoms with Gasteiger partial charge in [0, 0.05) is 32.9 Å². The molecule has 0 N–H and O–H groups in total. The van der Waals surface area contributed by atoms with Crippen molar-refractivity contribution in [2.45, 2.75) is 50.3 Å². The Morgan fingerprint density at radius 1 is 0.256 bits per heavy atom. The van der Waals surface area contributed by atoms with Crippen molar-refractivity contribution in [1.29, 1.82) is 0 Å². The molecule has 0 fully saturated rings. The van der Waals surface area contributed by atoms with E-state index in [4.69, 9.17) is 28.4 Å². The molecule has 0 radical (unpaired) electrons. The highest BCUT2D eigenvalue weighted by Crippen LogP contribution is 2.62. The van der Waals surface area contributed by atoms with E-state index in [2.05, 4.69) is 31.9 Å². The van der Waals surface area contributed by atoms with Crippen LogP contribution in [0, 0.1) is 34.9 Å². The first-order valence-corrected chi connectivity index (χ1v) is 28.2. The zero-order chi connectivity index (χ0) is 57.0. The molecule has 0 spiro atoms. The SMILES string of the molecule is Fc1cc(-c2c(CBr)c(-c3c(CBr)c(-c4cc(F)c(F)c(F)c4)c(OCc4ccccc4)c(OCc4ccccc4)c3OCc3ccccc3)c(OCc3ccccc3)c(OCc3ccccc3)c2OCc2ccccc2)cc(F)c1F. The van der Waals surface area contributed by atoms with E-state index in [1.165, 1.54) is 0 Å². The lowest BCUT2D eigenvalue weighted by molar-refractivity contribution is 0.228. The summed E-state index contributed by atoms with van der Waals surface area (Å²) in [4.78, 5) is 0. The maximum absolute atomic E-state index is 16.1. The first-order chi connectivity index (χ1) is 40.1. The molecule has 0 amide bonds. The molecular formula is C68H50Br2F6O6. The van der Waals surface area contributed by atoms with Gasteiger partial charge in [-0.3, -0.25) is 0 Å². The van der Waals surface area contributed by atoms with Gasteiger partial charge in [-0.05, 0) is 79.9 Å². The summed E-state index contributed by atoms with van der Waals surface area (Å²) in [7, 11) is 0. The maximum atomic E-state index is 16.1. The van der Waals surface area contributed by atoms with Crippen LogP contribution in [0.2, 0.25) is 0 Å². The van der Waals surface area contributed by atoms with Crippen LogP contribution in [0.1, 0.15) is 44.5 Å². The molecule has 0 aliphatic carbocycles. The van der Waals surface area contributed by atoms with E-state index < -0.39 is 34.9 Å². The zero-order valence-corrected chi connectivity index (χ0v) is 46.9. The van der Waals surface area contributed by atoms with Crippen LogP contribution < -0.4 is 28.4 Å². The van der Waals surface area contributed by atoms with Crippen molar-refractivity contribution in [2.24, 2.45) is 0 Å². The highest BCUT2D eigenvalue weighted by molar-refractivity contribution is 9.08. The molecule has 0 aromatic heterocycles. The van der Waals surface area contributed by atoms with E-state index in [0.717, 1.165) is 35.4 Å². The van der Waals surface area contributed by atoms with Gasteiger partial charge in [0.2, 0.25) is 11.5 Å². The van der Waals surface area contributed by atoms with Crippen molar-refractivity contribution < 1.29 is 54.8 Å². The van der Waals surface area contributed by atoms with Crippen LogP contribution in [-0.2, 0) is 50.3 Å². The molecule has 0 saturated carbocycles. The van der Waals surface area contributed by atoms with Gasteiger partial charge >= 0.3 is 0 Å². The Balaban J connectivity index is 1.41. The van der Waals surface area contributed by atoms with Crippen LogP contribution in [0.4, 0.5) is 26.3 Å². The number of benzene rings is 10. The molecule has 10 aromatic carbocycles. The molecule has 10 rings (SSSR count). The Hall–Kier alpha value is -8.46. The highest BCUT2D eigenvalue weighted by atomic mass is 79.9. The van der Waals surface area contributed by atoms with Gasteiger partial charge in [0.25, 0.3) is 0 Å². The number of alkyl halides is 2. The molecule has 414 valence electrons. The minimum atomic E-state index is -1.70. The average molecular weight is 1240 g/mol. The largest absolute Gasteiger partial charge is 0.484 e. The summed E-state index contributed by atoms with van der Waals surface area (Å²) in [5.74, 6) is -9.51. The molecule has 0 bridgehead atoms. The van der Waals surface area contributed by atoms with Crippen molar-refractivity contribution in [3.63, 3.8) is 0 Å². The lowest BCUT2D eigenvalue weighted by Crippen LogP contribution is -2.12. The summed E-state index contributed by atoms with van der Waals surface area (Å²) in [6, 6.07) is 58.9.